The van der Waals surface area contributed by atoms with Crippen molar-refractivity contribution in [1.29, 1.82) is 0 Å². The van der Waals surface area contributed by atoms with Crippen molar-refractivity contribution in [2.45, 2.75) is 63.3 Å². The molecular weight excluding hydrogens is 340 g/mol. The number of hydrogen-bond donors (Lipinski definition) is 1. The van der Waals surface area contributed by atoms with Gasteiger partial charge in [-0.1, -0.05) is 20.4 Å². The molecule has 3 saturated heterocycles. The molecule has 142 valence electrons. The van der Waals surface area contributed by atoms with Crippen LogP contribution in [0.3, 0.4) is 0 Å². The number of carbonyl (C=O) groups is 2. The van der Waals surface area contributed by atoms with Gasteiger partial charge in [-0.3, -0.25) is 4.79 Å². The molecule has 3 unspecified atom stereocenters. The van der Waals surface area contributed by atoms with Crippen molar-refractivity contribution >= 4 is 11.9 Å². The maximum Gasteiger partial charge on any atom is 0.334 e. The van der Waals surface area contributed by atoms with Crippen LogP contribution in [-0.4, -0.2) is 53.9 Å². The lowest BCUT2D eigenvalue weighted by Gasteiger charge is -2.33. The molecule has 4 heterocycles. The Balaban J connectivity index is 1.75. The molecule has 5 rings (SSSR count). The molecule has 6 atom stereocenters. The van der Waals surface area contributed by atoms with E-state index in [0.717, 1.165) is 18.4 Å². The third-order valence-electron chi connectivity index (χ3n) is 5.74. The van der Waals surface area contributed by atoms with Crippen LogP contribution in [0, 0.1) is 11.8 Å². The molecule has 1 aliphatic carbocycles. The van der Waals surface area contributed by atoms with Crippen molar-refractivity contribution in [2.75, 3.05) is 6.61 Å². The Morgan fingerprint density at radius 2 is 2.23 bits per heavy atom. The molecule has 26 heavy (non-hydrogen) atoms. The smallest absolute Gasteiger partial charge is 0.334 e. The standard InChI is InChI=1S/C19H24O7/c1-9(2)16(20)25-13-7-19-14(26-19)5-4-11(8-23-18(19)22)6-12-15(13)10(3)17(21)24-12/h6,9,12-15,18,22H,3-5,7-8H2,1-2H3/b11-6+/t12-,13+,14?,15+,18?,19?/m1/s1. The van der Waals surface area contributed by atoms with E-state index in [0.29, 0.717) is 0 Å². The van der Waals surface area contributed by atoms with Crippen LogP contribution >= 0.6 is 0 Å². The topological polar surface area (TPSA) is 94.6 Å². The van der Waals surface area contributed by atoms with Gasteiger partial charge in [-0.05, 0) is 24.5 Å². The fourth-order valence-corrected chi connectivity index (χ4v) is 4.13. The van der Waals surface area contributed by atoms with Gasteiger partial charge in [0.2, 0.25) is 0 Å². The highest BCUT2D eigenvalue weighted by Crippen LogP contribution is 2.51. The van der Waals surface area contributed by atoms with Gasteiger partial charge in [0, 0.05) is 12.0 Å². The first-order valence-corrected chi connectivity index (χ1v) is 9.09. The molecule has 0 aromatic heterocycles. The Kier molecular flexibility index (Phi) is 4.21. The zero-order valence-electron chi connectivity index (χ0n) is 15.0. The number of ether oxygens (including phenoxy) is 4. The molecule has 7 nitrogen and oxygen atoms in total. The number of aliphatic hydroxyl groups excluding tert-OH is 1. The largest absolute Gasteiger partial charge is 0.461 e. The molecule has 1 N–H and O–H groups in total. The number of hydrogen-bond acceptors (Lipinski definition) is 7. The van der Waals surface area contributed by atoms with E-state index in [-0.39, 0.29) is 36.6 Å². The Bertz CT molecular complexity index is 681. The molecule has 7 heteroatoms. The lowest BCUT2D eigenvalue weighted by atomic mass is 9.81. The quantitative estimate of drug-likeness (QED) is 0.341. The maximum absolute atomic E-state index is 12.3. The molecule has 0 amide bonds. The van der Waals surface area contributed by atoms with Crippen LogP contribution in [-0.2, 0) is 28.5 Å². The molecular formula is C19H24O7. The van der Waals surface area contributed by atoms with Crippen molar-refractivity contribution < 1.29 is 33.6 Å². The zero-order chi connectivity index (χ0) is 18.6. The van der Waals surface area contributed by atoms with Gasteiger partial charge in [0.1, 0.15) is 17.8 Å². The lowest BCUT2D eigenvalue weighted by Crippen LogP contribution is -2.45. The van der Waals surface area contributed by atoms with Gasteiger partial charge in [0.15, 0.2) is 6.29 Å². The van der Waals surface area contributed by atoms with Gasteiger partial charge in [0.25, 0.3) is 0 Å². The molecule has 3 fully saturated rings. The molecule has 2 bridgehead atoms. The van der Waals surface area contributed by atoms with Crippen molar-refractivity contribution in [3.63, 3.8) is 0 Å². The molecule has 4 aliphatic heterocycles. The molecule has 0 saturated carbocycles. The van der Waals surface area contributed by atoms with E-state index in [1.165, 1.54) is 0 Å². The Labute approximate surface area is 151 Å². The van der Waals surface area contributed by atoms with Gasteiger partial charge in [-0.25, -0.2) is 4.79 Å². The van der Waals surface area contributed by atoms with Crippen LogP contribution in [0.1, 0.15) is 33.1 Å². The summed E-state index contributed by atoms with van der Waals surface area (Å²) in [6.45, 7) is 7.61. The van der Waals surface area contributed by atoms with Crippen LogP contribution in [0.25, 0.3) is 0 Å². The van der Waals surface area contributed by atoms with E-state index < -0.39 is 36.0 Å². The summed E-state index contributed by atoms with van der Waals surface area (Å²) < 4.78 is 22.7. The summed E-state index contributed by atoms with van der Waals surface area (Å²) in [6.07, 6.45) is 1.05. The Morgan fingerprint density at radius 3 is 2.96 bits per heavy atom. The maximum atomic E-state index is 12.3. The summed E-state index contributed by atoms with van der Waals surface area (Å²) in [5.74, 6) is -1.67. The summed E-state index contributed by atoms with van der Waals surface area (Å²) in [5.41, 5.74) is 0.305. The summed E-state index contributed by atoms with van der Waals surface area (Å²) in [7, 11) is 0. The fraction of sp³-hybridized carbons (Fsp3) is 0.684. The average molecular weight is 364 g/mol. The highest BCUT2D eigenvalue weighted by atomic mass is 16.7. The van der Waals surface area contributed by atoms with E-state index in [2.05, 4.69) is 6.58 Å². The summed E-state index contributed by atoms with van der Waals surface area (Å²) >= 11 is 0. The van der Waals surface area contributed by atoms with E-state index >= 15 is 0 Å². The second-order valence-electron chi connectivity index (χ2n) is 7.84. The Hall–Kier alpha value is -1.70. The molecule has 0 aromatic carbocycles. The lowest BCUT2D eigenvalue weighted by molar-refractivity contribution is -0.168. The number of epoxide rings is 1. The van der Waals surface area contributed by atoms with Crippen LogP contribution < -0.4 is 0 Å². The predicted octanol–water partition coefficient (Wildman–Crippen LogP) is 1.25. The number of carbonyl (C=O) groups excluding carboxylic acids is 2. The first kappa shape index (κ1) is 17.7. The summed E-state index contributed by atoms with van der Waals surface area (Å²) in [6, 6.07) is 0. The minimum atomic E-state index is -1.11. The van der Waals surface area contributed by atoms with E-state index in [4.69, 9.17) is 18.9 Å². The first-order chi connectivity index (χ1) is 12.3. The van der Waals surface area contributed by atoms with Crippen molar-refractivity contribution in [3.8, 4) is 0 Å². The number of aliphatic hydroxyl groups is 1. The normalized spacial score (nSPS) is 43.7. The Morgan fingerprint density at radius 1 is 1.46 bits per heavy atom. The highest BCUT2D eigenvalue weighted by Gasteiger charge is 2.65. The van der Waals surface area contributed by atoms with Crippen molar-refractivity contribution in [3.05, 3.63) is 23.8 Å². The monoisotopic (exact) mass is 364 g/mol. The van der Waals surface area contributed by atoms with E-state index in [9.17, 15) is 14.7 Å². The summed E-state index contributed by atoms with van der Waals surface area (Å²) in [4.78, 5) is 24.4. The van der Waals surface area contributed by atoms with Gasteiger partial charge < -0.3 is 24.1 Å². The fourth-order valence-electron chi connectivity index (χ4n) is 4.13. The number of rotatable bonds is 2. The van der Waals surface area contributed by atoms with Gasteiger partial charge in [-0.15, -0.1) is 0 Å². The minimum Gasteiger partial charge on any atom is -0.461 e. The predicted molar refractivity (Wildman–Crippen MR) is 88.7 cm³/mol. The average Bonchev–Trinajstić information content (AvgIpc) is 3.20. The van der Waals surface area contributed by atoms with Crippen molar-refractivity contribution in [1.82, 2.24) is 0 Å². The molecule has 5 aliphatic rings. The molecule has 0 radical (unpaired) electrons. The van der Waals surface area contributed by atoms with E-state index in [1.807, 2.05) is 6.08 Å². The van der Waals surface area contributed by atoms with Crippen LogP contribution in [0.2, 0.25) is 0 Å². The first-order valence-electron chi connectivity index (χ1n) is 9.09. The molecule has 0 aromatic rings. The third-order valence-corrected chi connectivity index (χ3v) is 5.74. The highest BCUT2D eigenvalue weighted by molar-refractivity contribution is 5.91. The van der Waals surface area contributed by atoms with Gasteiger partial charge in [0.05, 0.1) is 24.5 Å². The second kappa shape index (κ2) is 6.18. The van der Waals surface area contributed by atoms with Gasteiger partial charge >= 0.3 is 11.9 Å². The van der Waals surface area contributed by atoms with Gasteiger partial charge in [-0.2, -0.15) is 0 Å². The second-order valence-corrected chi connectivity index (χ2v) is 7.84. The summed E-state index contributed by atoms with van der Waals surface area (Å²) in [5, 5.41) is 10.5. The van der Waals surface area contributed by atoms with Crippen LogP contribution in [0.5, 0.6) is 0 Å². The van der Waals surface area contributed by atoms with E-state index in [1.54, 1.807) is 13.8 Å². The van der Waals surface area contributed by atoms with Crippen molar-refractivity contribution in [2.24, 2.45) is 11.8 Å². The number of fused-ring (bicyclic) bond motifs is 4. The minimum absolute atomic E-state index is 0.163. The van der Waals surface area contributed by atoms with Crippen LogP contribution in [0.4, 0.5) is 0 Å². The number of esters is 2. The SMILES string of the molecule is C=C1C(=O)O[C@@H]2/C=C3\CCC4OC4(C[C@H](OC(=O)C(C)C)[C@@H]12)C(O)OC3. The van der Waals surface area contributed by atoms with Crippen LogP contribution in [0.15, 0.2) is 23.8 Å². The third kappa shape index (κ3) is 2.78. The zero-order valence-corrected chi connectivity index (χ0v) is 15.0. The molecule has 1 spiro atoms.